The number of carbonyl (C=O) groups is 1. The zero-order chi connectivity index (χ0) is 21.4. The second-order valence-electron chi connectivity index (χ2n) is 8.84. The first-order valence-electron chi connectivity index (χ1n) is 10.6. The van der Waals surface area contributed by atoms with Crippen molar-refractivity contribution in [1.82, 2.24) is 25.8 Å². The van der Waals surface area contributed by atoms with E-state index in [0.29, 0.717) is 11.9 Å². The number of guanidine groups is 1. The second-order valence-corrected chi connectivity index (χ2v) is 8.84. The molecule has 0 spiro atoms. The number of amides is 1. The van der Waals surface area contributed by atoms with Gasteiger partial charge in [-0.2, -0.15) is 0 Å². The highest BCUT2D eigenvalue weighted by molar-refractivity contribution is 5.85. The van der Waals surface area contributed by atoms with Gasteiger partial charge >= 0.3 is 0 Å². The molecule has 29 heavy (non-hydrogen) atoms. The van der Waals surface area contributed by atoms with Crippen LogP contribution in [-0.4, -0.2) is 60.0 Å². The van der Waals surface area contributed by atoms with Crippen molar-refractivity contribution in [2.75, 3.05) is 32.7 Å². The quantitative estimate of drug-likeness (QED) is 0.473. The van der Waals surface area contributed by atoms with E-state index in [4.69, 9.17) is 4.42 Å². The third kappa shape index (κ3) is 8.43. The van der Waals surface area contributed by atoms with Crippen LogP contribution < -0.4 is 16.0 Å². The molecule has 1 fully saturated rings. The predicted molar refractivity (Wildman–Crippen MR) is 116 cm³/mol. The van der Waals surface area contributed by atoms with Gasteiger partial charge in [0.15, 0.2) is 5.96 Å². The fourth-order valence-corrected chi connectivity index (χ4v) is 3.34. The molecule has 164 valence electrons. The molecule has 1 aromatic heterocycles. The van der Waals surface area contributed by atoms with E-state index in [9.17, 15) is 4.79 Å². The molecule has 0 aliphatic carbocycles. The number of hydrogen-bond donors (Lipinski definition) is 3. The van der Waals surface area contributed by atoms with Crippen LogP contribution in [0.2, 0.25) is 0 Å². The zero-order valence-corrected chi connectivity index (χ0v) is 18.9. The van der Waals surface area contributed by atoms with Crippen molar-refractivity contribution in [2.45, 2.75) is 66.5 Å². The van der Waals surface area contributed by atoms with E-state index in [0.717, 1.165) is 62.9 Å². The van der Waals surface area contributed by atoms with Crippen molar-refractivity contribution in [1.29, 1.82) is 0 Å². The monoisotopic (exact) mass is 406 g/mol. The molecule has 1 aliphatic heterocycles. The van der Waals surface area contributed by atoms with Gasteiger partial charge in [0.2, 0.25) is 11.8 Å². The summed E-state index contributed by atoms with van der Waals surface area (Å²) in [5, 5.41) is 9.54. The maximum Gasteiger partial charge on any atom is 0.242 e. The molecule has 1 saturated heterocycles. The van der Waals surface area contributed by atoms with Crippen molar-refractivity contribution in [3.05, 3.63) is 17.3 Å². The number of aliphatic imine (C=N–C) groups is 1. The average molecular weight is 407 g/mol. The van der Waals surface area contributed by atoms with Crippen molar-refractivity contribution in [3.63, 3.8) is 0 Å². The normalized spacial score (nSPS) is 16.7. The topological polar surface area (TPSA) is 94.8 Å². The molecular formula is C21H38N6O2. The van der Waals surface area contributed by atoms with E-state index in [-0.39, 0.29) is 18.0 Å². The van der Waals surface area contributed by atoms with Gasteiger partial charge in [0.05, 0.1) is 12.2 Å². The Bertz CT molecular complexity index is 664. The Kier molecular flexibility index (Phi) is 8.49. The summed E-state index contributed by atoms with van der Waals surface area (Å²) in [4.78, 5) is 23.3. The molecule has 8 heteroatoms. The number of aromatic nitrogens is 1. The molecule has 0 aromatic carbocycles. The Morgan fingerprint density at radius 2 is 1.93 bits per heavy atom. The van der Waals surface area contributed by atoms with E-state index in [1.54, 1.807) is 0 Å². The van der Waals surface area contributed by atoms with Gasteiger partial charge in [0, 0.05) is 18.6 Å². The number of carbonyl (C=O) groups excluding carboxylic acids is 1. The summed E-state index contributed by atoms with van der Waals surface area (Å²) in [5.74, 6) is 2.94. The van der Waals surface area contributed by atoms with Crippen LogP contribution in [-0.2, 0) is 11.3 Å². The van der Waals surface area contributed by atoms with Gasteiger partial charge in [-0.25, -0.2) is 9.98 Å². The minimum atomic E-state index is -0.241. The van der Waals surface area contributed by atoms with Crippen molar-refractivity contribution < 1.29 is 9.21 Å². The van der Waals surface area contributed by atoms with E-state index in [2.05, 4.69) is 30.8 Å². The lowest BCUT2D eigenvalue weighted by Crippen LogP contribution is -2.44. The van der Waals surface area contributed by atoms with Crippen LogP contribution in [0.25, 0.3) is 0 Å². The SMILES string of the molecule is CCNC(=NCC(=O)NC(C)(C)C)NCC1CCN(Cc2nc(C)c(C)o2)CC1. The average Bonchev–Trinajstić information content (AvgIpc) is 2.94. The Morgan fingerprint density at radius 1 is 1.24 bits per heavy atom. The van der Waals surface area contributed by atoms with Gasteiger partial charge < -0.3 is 20.4 Å². The lowest BCUT2D eigenvalue weighted by molar-refractivity contribution is -0.121. The lowest BCUT2D eigenvalue weighted by atomic mass is 9.97. The third-order valence-corrected chi connectivity index (χ3v) is 4.94. The number of likely N-dealkylation sites (tertiary alicyclic amines) is 1. The minimum absolute atomic E-state index is 0.0694. The molecule has 0 bridgehead atoms. The molecule has 2 heterocycles. The molecule has 8 nitrogen and oxygen atoms in total. The molecule has 2 rings (SSSR count). The summed E-state index contributed by atoms with van der Waals surface area (Å²) in [5.41, 5.74) is 0.736. The number of nitrogens with zero attached hydrogens (tertiary/aromatic N) is 3. The predicted octanol–water partition coefficient (Wildman–Crippen LogP) is 1.97. The van der Waals surface area contributed by atoms with Crippen molar-refractivity contribution in [3.8, 4) is 0 Å². The summed E-state index contributed by atoms with van der Waals surface area (Å²) >= 11 is 0. The summed E-state index contributed by atoms with van der Waals surface area (Å²) in [6.07, 6.45) is 2.24. The fourth-order valence-electron chi connectivity index (χ4n) is 3.34. The Labute approximate surface area is 174 Å². The van der Waals surface area contributed by atoms with E-state index in [1.165, 1.54) is 0 Å². The maximum absolute atomic E-state index is 12.0. The van der Waals surface area contributed by atoms with E-state index >= 15 is 0 Å². The lowest BCUT2D eigenvalue weighted by Gasteiger charge is -2.31. The first-order valence-corrected chi connectivity index (χ1v) is 10.6. The van der Waals surface area contributed by atoms with Gasteiger partial charge in [-0.3, -0.25) is 9.69 Å². The number of piperidine rings is 1. The Hall–Kier alpha value is -2.09. The number of aryl methyl sites for hydroxylation is 2. The summed E-state index contributed by atoms with van der Waals surface area (Å²) in [7, 11) is 0. The molecule has 1 amide bonds. The van der Waals surface area contributed by atoms with E-state index < -0.39 is 0 Å². The molecule has 1 aliphatic rings. The maximum atomic E-state index is 12.0. The largest absolute Gasteiger partial charge is 0.444 e. The van der Waals surface area contributed by atoms with Crippen LogP contribution in [0.3, 0.4) is 0 Å². The molecular weight excluding hydrogens is 368 g/mol. The highest BCUT2D eigenvalue weighted by Crippen LogP contribution is 2.19. The third-order valence-electron chi connectivity index (χ3n) is 4.94. The molecule has 0 atom stereocenters. The molecule has 0 saturated carbocycles. The van der Waals surface area contributed by atoms with Crippen LogP contribution in [0, 0.1) is 19.8 Å². The number of oxazole rings is 1. The first-order chi connectivity index (χ1) is 13.7. The number of nitrogens with one attached hydrogen (secondary N) is 3. The van der Waals surface area contributed by atoms with Crippen LogP contribution in [0.15, 0.2) is 9.41 Å². The first kappa shape index (κ1) is 23.2. The van der Waals surface area contributed by atoms with Gasteiger partial charge in [-0.1, -0.05) is 0 Å². The van der Waals surface area contributed by atoms with Crippen LogP contribution >= 0.6 is 0 Å². The minimum Gasteiger partial charge on any atom is -0.444 e. The molecule has 1 aromatic rings. The van der Waals surface area contributed by atoms with Gasteiger partial charge in [0.25, 0.3) is 0 Å². The molecule has 3 N–H and O–H groups in total. The van der Waals surface area contributed by atoms with Gasteiger partial charge in [-0.05, 0) is 73.4 Å². The Morgan fingerprint density at radius 3 is 2.48 bits per heavy atom. The second kappa shape index (κ2) is 10.6. The highest BCUT2D eigenvalue weighted by atomic mass is 16.4. The highest BCUT2D eigenvalue weighted by Gasteiger charge is 2.21. The standard InChI is InChI=1S/C21H38N6O2/c1-7-22-20(24-13-18(28)26-21(4,5)6)23-12-17-8-10-27(11-9-17)14-19-25-15(2)16(3)29-19/h17H,7-14H2,1-6H3,(H,26,28)(H2,22,23,24). The fraction of sp³-hybridized carbons (Fsp3) is 0.762. The van der Waals surface area contributed by atoms with Gasteiger partial charge in [-0.15, -0.1) is 0 Å². The van der Waals surface area contributed by atoms with Crippen LogP contribution in [0.4, 0.5) is 0 Å². The summed E-state index contributed by atoms with van der Waals surface area (Å²) in [6, 6.07) is 0. The smallest absolute Gasteiger partial charge is 0.242 e. The van der Waals surface area contributed by atoms with E-state index in [1.807, 2.05) is 41.5 Å². The summed E-state index contributed by atoms with van der Waals surface area (Å²) < 4.78 is 5.70. The molecule has 0 unspecified atom stereocenters. The number of hydrogen-bond acceptors (Lipinski definition) is 5. The van der Waals surface area contributed by atoms with Crippen LogP contribution in [0.1, 0.15) is 57.9 Å². The zero-order valence-electron chi connectivity index (χ0n) is 18.9. The Balaban J connectivity index is 1.74. The van der Waals surface area contributed by atoms with Crippen molar-refractivity contribution in [2.24, 2.45) is 10.9 Å². The van der Waals surface area contributed by atoms with Gasteiger partial charge in [0.1, 0.15) is 12.3 Å². The molecule has 0 radical (unpaired) electrons. The van der Waals surface area contributed by atoms with Crippen molar-refractivity contribution >= 4 is 11.9 Å². The number of rotatable bonds is 7. The van der Waals surface area contributed by atoms with Crippen LogP contribution in [0.5, 0.6) is 0 Å². The summed E-state index contributed by atoms with van der Waals surface area (Å²) in [6.45, 7) is 16.5.